The van der Waals surface area contributed by atoms with Crippen molar-refractivity contribution >= 4 is 17.3 Å². The second-order valence-electron chi connectivity index (χ2n) is 6.01. The minimum Gasteiger partial charge on any atom is -0.478 e. The van der Waals surface area contributed by atoms with Crippen LogP contribution in [0, 0.1) is 10.1 Å². The molecule has 0 radical (unpaired) electrons. The van der Waals surface area contributed by atoms with E-state index in [1.165, 1.54) is 17.7 Å². The third-order valence-corrected chi connectivity index (χ3v) is 4.38. The second kappa shape index (κ2) is 7.31. The van der Waals surface area contributed by atoms with Crippen molar-refractivity contribution in [2.75, 3.05) is 31.1 Å². The fourth-order valence-electron chi connectivity index (χ4n) is 3.06. The number of nitro groups is 1. The van der Waals surface area contributed by atoms with Crippen LogP contribution in [0.25, 0.3) is 0 Å². The number of piperazine rings is 1. The Morgan fingerprint density at radius 3 is 2.36 bits per heavy atom. The highest BCUT2D eigenvalue weighted by Crippen LogP contribution is 2.30. The van der Waals surface area contributed by atoms with Gasteiger partial charge in [-0.3, -0.25) is 15.0 Å². The second-order valence-corrected chi connectivity index (χ2v) is 6.01. The zero-order chi connectivity index (χ0) is 17.8. The van der Waals surface area contributed by atoms with E-state index < -0.39 is 10.9 Å². The number of hydrogen-bond acceptors (Lipinski definition) is 5. The summed E-state index contributed by atoms with van der Waals surface area (Å²) in [6.07, 6.45) is 0. The van der Waals surface area contributed by atoms with Crippen LogP contribution in [0.3, 0.4) is 0 Å². The number of anilines is 1. The van der Waals surface area contributed by atoms with Gasteiger partial charge in [-0.1, -0.05) is 30.3 Å². The summed E-state index contributed by atoms with van der Waals surface area (Å²) in [5.74, 6) is -1.16. The number of rotatable bonds is 5. The van der Waals surface area contributed by atoms with E-state index in [1.54, 1.807) is 0 Å². The molecule has 7 nitrogen and oxygen atoms in total. The van der Waals surface area contributed by atoms with Crippen molar-refractivity contribution in [3.63, 3.8) is 0 Å². The molecule has 2 aromatic carbocycles. The SMILES string of the molecule is O=C(O)c1ccc(N2CCN(Cc3ccccc3)CC2)c([N+](=O)[O-])c1. The van der Waals surface area contributed by atoms with E-state index >= 15 is 0 Å². The summed E-state index contributed by atoms with van der Waals surface area (Å²) in [6, 6.07) is 14.3. The first-order chi connectivity index (χ1) is 12.0. The van der Waals surface area contributed by atoms with Gasteiger partial charge in [0.1, 0.15) is 5.69 Å². The lowest BCUT2D eigenvalue weighted by atomic mass is 10.1. The van der Waals surface area contributed by atoms with Crippen molar-refractivity contribution in [1.82, 2.24) is 4.90 Å². The summed E-state index contributed by atoms with van der Waals surface area (Å²) in [5.41, 5.74) is 1.50. The molecule has 1 aliphatic heterocycles. The molecule has 1 fully saturated rings. The van der Waals surface area contributed by atoms with E-state index in [0.29, 0.717) is 18.8 Å². The minimum absolute atomic E-state index is 0.0711. The van der Waals surface area contributed by atoms with Gasteiger partial charge in [-0.25, -0.2) is 4.79 Å². The van der Waals surface area contributed by atoms with Gasteiger partial charge in [0.15, 0.2) is 0 Å². The standard InChI is InChI=1S/C18H19N3O4/c22-18(23)15-6-7-16(17(12-15)21(24)25)20-10-8-19(9-11-20)13-14-4-2-1-3-5-14/h1-7,12H,8-11,13H2,(H,22,23). The molecule has 3 rings (SSSR count). The number of benzene rings is 2. The van der Waals surface area contributed by atoms with Gasteiger partial charge < -0.3 is 10.0 Å². The molecule has 0 saturated carbocycles. The number of aromatic carboxylic acids is 1. The van der Waals surface area contributed by atoms with Crippen LogP contribution in [-0.4, -0.2) is 47.1 Å². The highest BCUT2D eigenvalue weighted by atomic mass is 16.6. The number of carboxylic acids is 1. The van der Waals surface area contributed by atoms with E-state index in [9.17, 15) is 14.9 Å². The summed E-state index contributed by atoms with van der Waals surface area (Å²) in [7, 11) is 0. The third kappa shape index (κ3) is 3.95. The lowest BCUT2D eigenvalue weighted by Gasteiger charge is -2.35. The van der Waals surface area contributed by atoms with Crippen molar-refractivity contribution in [3.05, 3.63) is 69.8 Å². The first kappa shape index (κ1) is 16.9. The van der Waals surface area contributed by atoms with Crippen molar-refractivity contribution in [2.45, 2.75) is 6.54 Å². The maximum atomic E-state index is 11.3. The van der Waals surface area contributed by atoms with Crippen LogP contribution in [0.1, 0.15) is 15.9 Å². The summed E-state index contributed by atoms with van der Waals surface area (Å²) >= 11 is 0. The average Bonchev–Trinajstić information content (AvgIpc) is 2.62. The van der Waals surface area contributed by atoms with Crippen LogP contribution >= 0.6 is 0 Å². The Hall–Kier alpha value is -2.93. The molecule has 130 valence electrons. The van der Waals surface area contributed by atoms with Crippen molar-refractivity contribution in [2.24, 2.45) is 0 Å². The maximum absolute atomic E-state index is 11.3. The van der Waals surface area contributed by atoms with Crippen LogP contribution in [0.4, 0.5) is 11.4 Å². The minimum atomic E-state index is -1.16. The number of nitro benzene ring substituents is 1. The molecule has 0 aromatic heterocycles. The molecule has 2 aromatic rings. The molecule has 0 aliphatic carbocycles. The van der Waals surface area contributed by atoms with Gasteiger partial charge in [0.2, 0.25) is 0 Å². The average molecular weight is 341 g/mol. The fourth-order valence-corrected chi connectivity index (χ4v) is 3.06. The molecule has 0 bridgehead atoms. The van der Waals surface area contributed by atoms with Crippen LogP contribution in [0.15, 0.2) is 48.5 Å². The smallest absolute Gasteiger partial charge is 0.335 e. The Balaban J connectivity index is 1.70. The van der Waals surface area contributed by atoms with E-state index in [1.807, 2.05) is 23.1 Å². The molecule has 0 amide bonds. The first-order valence-electron chi connectivity index (χ1n) is 8.07. The topological polar surface area (TPSA) is 86.9 Å². The summed E-state index contributed by atoms with van der Waals surface area (Å²) < 4.78 is 0. The van der Waals surface area contributed by atoms with E-state index in [4.69, 9.17) is 5.11 Å². The van der Waals surface area contributed by atoms with Crippen LogP contribution in [-0.2, 0) is 6.54 Å². The number of carboxylic acid groups (broad SMARTS) is 1. The Morgan fingerprint density at radius 1 is 1.08 bits per heavy atom. The molecular weight excluding hydrogens is 322 g/mol. The number of nitrogens with zero attached hydrogens (tertiary/aromatic N) is 3. The van der Waals surface area contributed by atoms with Crippen LogP contribution < -0.4 is 4.90 Å². The predicted octanol–water partition coefficient (Wildman–Crippen LogP) is 2.62. The Morgan fingerprint density at radius 2 is 1.76 bits per heavy atom. The van der Waals surface area contributed by atoms with E-state index in [-0.39, 0.29) is 11.3 Å². The van der Waals surface area contributed by atoms with Gasteiger partial charge in [0.25, 0.3) is 5.69 Å². The van der Waals surface area contributed by atoms with Gasteiger partial charge in [-0.05, 0) is 17.7 Å². The third-order valence-electron chi connectivity index (χ3n) is 4.38. The van der Waals surface area contributed by atoms with E-state index in [2.05, 4.69) is 17.0 Å². The predicted molar refractivity (Wildman–Crippen MR) is 94.0 cm³/mol. The largest absolute Gasteiger partial charge is 0.478 e. The quantitative estimate of drug-likeness (QED) is 0.664. The number of carbonyl (C=O) groups is 1. The Labute approximate surface area is 145 Å². The monoisotopic (exact) mass is 341 g/mol. The summed E-state index contributed by atoms with van der Waals surface area (Å²) in [4.78, 5) is 26.1. The Kier molecular flexibility index (Phi) is 4.95. The zero-order valence-corrected chi connectivity index (χ0v) is 13.7. The summed E-state index contributed by atoms with van der Waals surface area (Å²) in [6.45, 7) is 3.79. The van der Waals surface area contributed by atoms with Crippen molar-refractivity contribution < 1.29 is 14.8 Å². The Bertz CT molecular complexity index is 771. The van der Waals surface area contributed by atoms with Crippen LogP contribution in [0.2, 0.25) is 0 Å². The normalized spacial score (nSPS) is 15.1. The molecule has 0 atom stereocenters. The fraction of sp³-hybridized carbons (Fsp3) is 0.278. The van der Waals surface area contributed by atoms with E-state index in [0.717, 1.165) is 25.7 Å². The summed E-state index contributed by atoms with van der Waals surface area (Å²) in [5, 5.41) is 20.3. The first-order valence-corrected chi connectivity index (χ1v) is 8.07. The highest BCUT2D eigenvalue weighted by Gasteiger charge is 2.25. The molecule has 0 spiro atoms. The molecule has 1 saturated heterocycles. The van der Waals surface area contributed by atoms with Crippen molar-refractivity contribution in [1.29, 1.82) is 0 Å². The lowest BCUT2D eigenvalue weighted by Crippen LogP contribution is -2.46. The van der Waals surface area contributed by atoms with Gasteiger partial charge in [-0.15, -0.1) is 0 Å². The van der Waals surface area contributed by atoms with Crippen molar-refractivity contribution in [3.8, 4) is 0 Å². The van der Waals surface area contributed by atoms with Crippen LogP contribution in [0.5, 0.6) is 0 Å². The lowest BCUT2D eigenvalue weighted by molar-refractivity contribution is -0.384. The molecule has 1 aliphatic rings. The maximum Gasteiger partial charge on any atom is 0.335 e. The molecular formula is C18H19N3O4. The molecule has 7 heteroatoms. The molecule has 0 unspecified atom stereocenters. The zero-order valence-electron chi connectivity index (χ0n) is 13.7. The van der Waals surface area contributed by atoms with Gasteiger partial charge in [-0.2, -0.15) is 0 Å². The van der Waals surface area contributed by atoms with Gasteiger partial charge >= 0.3 is 5.97 Å². The molecule has 1 heterocycles. The molecule has 25 heavy (non-hydrogen) atoms. The number of hydrogen-bond donors (Lipinski definition) is 1. The highest BCUT2D eigenvalue weighted by molar-refractivity contribution is 5.89. The van der Waals surface area contributed by atoms with Gasteiger partial charge in [0, 0.05) is 38.8 Å². The molecule has 1 N–H and O–H groups in total. The van der Waals surface area contributed by atoms with Gasteiger partial charge in [0.05, 0.1) is 10.5 Å².